The van der Waals surface area contributed by atoms with Crippen LogP contribution in [0.3, 0.4) is 0 Å². The summed E-state index contributed by atoms with van der Waals surface area (Å²) in [5, 5.41) is 7.38. The Morgan fingerprint density at radius 2 is 1.87 bits per heavy atom. The third-order valence-electron chi connectivity index (χ3n) is 5.93. The molecule has 0 atom stereocenters. The normalized spacial score (nSPS) is 18.0. The molecule has 1 amide bonds. The maximum Gasteiger partial charge on any atom is 0.258 e. The number of carbonyl (C=O) groups excluding carboxylic acids is 1. The van der Waals surface area contributed by atoms with E-state index in [1.54, 1.807) is 24.4 Å². The van der Waals surface area contributed by atoms with Gasteiger partial charge >= 0.3 is 0 Å². The molecule has 168 valence electrons. The number of nitrogens with one attached hydrogen (secondary N) is 1. The Bertz CT molecular complexity index is 1040. The first-order chi connectivity index (χ1) is 14.9. The number of ether oxygens (including phenoxy) is 1. The SMILES string of the molecule is CN(C)S(=O)(=O)c1ccc(N2CCOCC2)c(C(=O)Nc2ccnn2C2CCCC2)c1. The van der Waals surface area contributed by atoms with Crippen LogP contribution >= 0.6 is 0 Å². The summed E-state index contributed by atoms with van der Waals surface area (Å²) in [6.45, 7) is 2.40. The number of benzene rings is 1. The number of nitrogens with zero attached hydrogens (tertiary/aromatic N) is 4. The van der Waals surface area contributed by atoms with Crippen LogP contribution in [0.1, 0.15) is 42.1 Å². The molecule has 1 aromatic heterocycles. The van der Waals surface area contributed by atoms with Crippen molar-refractivity contribution in [3.05, 3.63) is 36.0 Å². The number of amides is 1. The molecule has 2 heterocycles. The Morgan fingerprint density at radius 3 is 2.55 bits per heavy atom. The highest BCUT2D eigenvalue weighted by atomic mass is 32.2. The monoisotopic (exact) mass is 447 g/mol. The molecule has 1 aliphatic carbocycles. The largest absolute Gasteiger partial charge is 0.378 e. The number of hydrogen-bond acceptors (Lipinski definition) is 6. The van der Waals surface area contributed by atoms with E-state index in [1.807, 2.05) is 4.68 Å². The molecule has 1 aromatic carbocycles. The van der Waals surface area contributed by atoms with Gasteiger partial charge in [0.1, 0.15) is 5.82 Å². The van der Waals surface area contributed by atoms with Crippen LogP contribution in [-0.2, 0) is 14.8 Å². The molecule has 9 nitrogen and oxygen atoms in total. The first-order valence-electron chi connectivity index (χ1n) is 10.6. The van der Waals surface area contributed by atoms with Crippen LogP contribution in [0.15, 0.2) is 35.4 Å². The van der Waals surface area contributed by atoms with Gasteiger partial charge < -0.3 is 15.0 Å². The maximum absolute atomic E-state index is 13.4. The third kappa shape index (κ3) is 4.46. The van der Waals surface area contributed by atoms with Crippen molar-refractivity contribution in [2.45, 2.75) is 36.6 Å². The second-order valence-electron chi connectivity index (χ2n) is 8.12. The van der Waals surface area contributed by atoms with Crippen molar-refractivity contribution >= 4 is 27.4 Å². The highest BCUT2D eigenvalue weighted by Crippen LogP contribution is 2.32. The van der Waals surface area contributed by atoms with Crippen LogP contribution < -0.4 is 10.2 Å². The predicted molar refractivity (Wildman–Crippen MR) is 118 cm³/mol. The quantitative estimate of drug-likeness (QED) is 0.730. The van der Waals surface area contributed by atoms with Crippen LogP contribution in [0.25, 0.3) is 0 Å². The fourth-order valence-corrected chi connectivity index (χ4v) is 5.11. The van der Waals surface area contributed by atoms with Gasteiger partial charge in [-0.3, -0.25) is 4.79 Å². The molecule has 31 heavy (non-hydrogen) atoms. The maximum atomic E-state index is 13.4. The lowest BCUT2D eigenvalue weighted by Crippen LogP contribution is -2.37. The number of carbonyl (C=O) groups is 1. The molecule has 0 bridgehead atoms. The van der Waals surface area contributed by atoms with Crippen molar-refractivity contribution in [1.82, 2.24) is 14.1 Å². The lowest BCUT2D eigenvalue weighted by Gasteiger charge is -2.30. The lowest BCUT2D eigenvalue weighted by atomic mass is 10.1. The fourth-order valence-electron chi connectivity index (χ4n) is 4.19. The van der Waals surface area contributed by atoms with Gasteiger partial charge in [-0.2, -0.15) is 5.10 Å². The van der Waals surface area contributed by atoms with Gasteiger partial charge in [0.15, 0.2) is 0 Å². The van der Waals surface area contributed by atoms with E-state index in [0.717, 1.165) is 30.0 Å². The van der Waals surface area contributed by atoms with Gasteiger partial charge in [0.2, 0.25) is 10.0 Å². The van der Waals surface area contributed by atoms with Crippen LogP contribution in [0.2, 0.25) is 0 Å². The minimum Gasteiger partial charge on any atom is -0.378 e. The molecule has 0 spiro atoms. The predicted octanol–water partition coefficient (Wildman–Crippen LogP) is 2.34. The number of sulfonamides is 1. The zero-order valence-electron chi connectivity index (χ0n) is 18.0. The summed E-state index contributed by atoms with van der Waals surface area (Å²) in [5.74, 6) is 0.280. The minimum absolute atomic E-state index is 0.0870. The molecule has 2 fully saturated rings. The zero-order valence-corrected chi connectivity index (χ0v) is 18.8. The van der Waals surface area contributed by atoms with Crippen molar-refractivity contribution < 1.29 is 17.9 Å². The lowest BCUT2D eigenvalue weighted by molar-refractivity contribution is 0.102. The summed E-state index contributed by atoms with van der Waals surface area (Å²) < 4.78 is 33.8. The van der Waals surface area contributed by atoms with Gasteiger partial charge in [-0.05, 0) is 31.0 Å². The summed E-state index contributed by atoms with van der Waals surface area (Å²) in [6.07, 6.45) is 6.08. The minimum atomic E-state index is -3.67. The van der Waals surface area contributed by atoms with Crippen LogP contribution in [0, 0.1) is 0 Å². The number of aromatic nitrogens is 2. The van der Waals surface area contributed by atoms with E-state index in [4.69, 9.17) is 4.74 Å². The number of rotatable bonds is 6. The zero-order chi connectivity index (χ0) is 22.0. The average molecular weight is 448 g/mol. The molecule has 1 N–H and O–H groups in total. The van der Waals surface area contributed by atoms with Gasteiger partial charge in [-0.25, -0.2) is 17.4 Å². The van der Waals surface area contributed by atoms with Gasteiger partial charge in [0.25, 0.3) is 5.91 Å². The number of morpholine rings is 1. The Hall–Kier alpha value is -2.43. The molecule has 10 heteroatoms. The van der Waals surface area contributed by atoms with E-state index in [-0.39, 0.29) is 16.8 Å². The van der Waals surface area contributed by atoms with Crippen molar-refractivity contribution in [3.63, 3.8) is 0 Å². The Labute approximate surface area is 183 Å². The summed E-state index contributed by atoms with van der Waals surface area (Å²) in [4.78, 5) is 15.5. The molecule has 0 radical (unpaired) electrons. The van der Waals surface area contributed by atoms with E-state index in [0.29, 0.717) is 43.4 Å². The van der Waals surface area contributed by atoms with Gasteiger partial charge in [0.05, 0.1) is 35.9 Å². The number of anilines is 2. The van der Waals surface area contributed by atoms with E-state index in [9.17, 15) is 13.2 Å². The van der Waals surface area contributed by atoms with Crippen molar-refractivity contribution in [2.24, 2.45) is 0 Å². The molecule has 2 aliphatic rings. The Morgan fingerprint density at radius 1 is 1.16 bits per heavy atom. The van der Waals surface area contributed by atoms with E-state index < -0.39 is 10.0 Å². The van der Waals surface area contributed by atoms with Gasteiger partial charge in [-0.15, -0.1) is 0 Å². The second kappa shape index (κ2) is 8.97. The van der Waals surface area contributed by atoms with Crippen molar-refractivity contribution in [2.75, 3.05) is 50.6 Å². The topological polar surface area (TPSA) is 96.8 Å². The van der Waals surface area contributed by atoms with E-state index in [2.05, 4.69) is 15.3 Å². The molecule has 2 aromatic rings. The summed E-state index contributed by atoms with van der Waals surface area (Å²) in [6, 6.07) is 6.80. The second-order valence-corrected chi connectivity index (χ2v) is 10.3. The van der Waals surface area contributed by atoms with Crippen LogP contribution in [-0.4, -0.2) is 68.8 Å². The summed E-state index contributed by atoms with van der Waals surface area (Å²) in [5.41, 5.74) is 1.02. The molecule has 1 saturated carbocycles. The molecule has 1 aliphatic heterocycles. The fraction of sp³-hybridized carbons (Fsp3) is 0.524. The first kappa shape index (κ1) is 21.8. The molecular formula is C21H29N5O4S. The molecule has 0 unspecified atom stereocenters. The van der Waals surface area contributed by atoms with E-state index in [1.165, 1.54) is 20.2 Å². The molecule has 4 rings (SSSR count). The molecule has 1 saturated heterocycles. The number of hydrogen-bond donors (Lipinski definition) is 1. The Kier molecular flexibility index (Phi) is 6.31. The van der Waals surface area contributed by atoms with Crippen LogP contribution in [0.4, 0.5) is 11.5 Å². The van der Waals surface area contributed by atoms with Crippen molar-refractivity contribution in [3.8, 4) is 0 Å². The molecular weight excluding hydrogens is 418 g/mol. The first-order valence-corrected chi connectivity index (χ1v) is 12.1. The average Bonchev–Trinajstić information content (AvgIpc) is 3.45. The Balaban J connectivity index is 1.69. The van der Waals surface area contributed by atoms with Gasteiger partial charge in [0, 0.05) is 38.9 Å². The summed E-state index contributed by atoms with van der Waals surface area (Å²) >= 11 is 0. The smallest absolute Gasteiger partial charge is 0.258 e. The standard InChI is InChI=1S/C21H29N5O4S/c1-24(2)31(28,29)17-7-8-19(25-11-13-30-14-12-25)18(15-17)21(27)23-20-9-10-22-26(20)16-5-3-4-6-16/h7-10,15-16H,3-6,11-14H2,1-2H3,(H,23,27). The van der Waals surface area contributed by atoms with E-state index >= 15 is 0 Å². The van der Waals surface area contributed by atoms with Gasteiger partial charge in [-0.1, -0.05) is 12.8 Å². The van der Waals surface area contributed by atoms with Crippen molar-refractivity contribution in [1.29, 1.82) is 0 Å². The highest BCUT2D eigenvalue weighted by molar-refractivity contribution is 7.89. The van der Waals surface area contributed by atoms with Crippen LogP contribution in [0.5, 0.6) is 0 Å². The summed E-state index contributed by atoms with van der Waals surface area (Å²) in [7, 11) is -0.716. The third-order valence-corrected chi connectivity index (χ3v) is 7.74. The highest BCUT2D eigenvalue weighted by Gasteiger charge is 2.26.